The Labute approximate surface area is 169 Å². The molecule has 3 aromatic rings. The molecule has 0 radical (unpaired) electrons. The molecule has 1 unspecified atom stereocenters. The van der Waals surface area contributed by atoms with Crippen molar-refractivity contribution in [3.8, 4) is 0 Å². The van der Waals surface area contributed by atoms with Crippen LogP contribution in [0.2, 0.25) is 5.02 Å². The molecule has 28 heavy (non-hydrogen) atoms. The number of halogens is 1. The van der Waals surface area contributed by atoms with E-state index < -0.39 is 0 Å². The summed E-state index contributed by atoms with van der Waals surface area (Å²) in [6, 6.07) is 23.7. The van der Waals surface area contributed by atoms with Gasteiger partial charge in [-0.2, -0.15) is 0 Å². The van der Waals surface area contributed by atoms with Crippen LogP contribution >= 0.6 is 11.6 Å². The van der Waals surface area contributed by atoms with E-state index in [-0.39, 0.29) is 24.3 Å². The summed E-state index contributed by atoms with van der Waals surface area (Å²) in [6.07, 6.45) is 0.258. The number of rotatable bonds is 6. The molecule has 142 valence electrons. The maximum absolute atomic E-state index is 12.4. The smallest absolute Gasteiger partial charge is 0.251 e. The molecule has 0 bridgehead atoms. The van der Waals surface area contributed by atoms with Gasteiger partial charge in [0.15, 0.2) is 0 Å². The molecule has 0 spiro atoms. The highest BCUT2D eigenvalue weighted by atomic mass is 35.5. The van der Waals surface area contributed by atoms with Crippen LogP contribution in [0.25, 0.3) is 0 Å². The quantitative estimate of drug-likeness (QED) is 0.619. The van der Waals surface area contributed by atoms with Crippen LogP contribution in [0, 0.1) is 0 Å². The molecular weight excluding hydrogens is 372 g/mol. The second-order valence-corrected chi connectivity index (χ2v) is 6.97. The highest BCUT2D eigenvalue weighted by Gasteiger charge is 2.11. The zero-order valence-corrected chi connectivity index (χ0v) is 16.2. The van der Waals surface area contributed by atoms with Crippen molar-refractivity contribution in [1.29, 1.82) is 0 Å². The van der Waals surface area contributed by atoms with Gasteiger partial charge in [-0.15, -0.1) is 0 Å². The Kier molecular flexibility index (Phi) is 6.45. The maximum Gasteiger partial charge on any atom is 0.251 e. The van der Waals surface area contributed by atoms with Crippen LogP contribution < -0.4 is 10.6 Å². The summed E-state index contributed by atoms with van der Waals surface area (Å²) in [5, 5.41) is 6.45. The van der Waals surface area contributed by atoms with Crippen LogP contribution in [0.3, 0.4) is 0 Å². The van der Waals surface area contributed by atoms with Crippen molar-refractivity contribution in [3.63, 3.8) is 0 Å². The average Bonchev–Trinajstić information content (AvgIpc) is 2.71. The molecule has 3 aromatic carbocycles. The normalized spacial score (nSPS) is 11.5. The molecule has 0 fully saturated rings. The van der Waals surface area contributed by atoms with Gasteiger partial charge in [-0.1, -0.05) is 54.1 Å². The Morgan fingerprint density at radius 2 is 1.54 bits per heavy atom. The third-order valence-electron chi connectivity index (χ3n) is 4.36. The Morgan fingerprint density at radius 1 is 0.893 bits per heavy atom. The summed E-state index contributed by atoms with van der Waals surface area (Å²) < 4.78 is 0. The van der Waals surface area contributed by atoms with Gasteiger partial charge in [-0.25, -0.2) is 0 Å². The molecule has 0 aliphatic heterocycles. The molecule has 0 aliphatic carbocycles. The Hall–Kier alpha value is -3.11. The van der Waals surface area contributed by atoms with Crippen molar-refractivity contribution in [2.75, 3.05) is 5.32 Å². The van der Waals surface area contributed by atoms with E-state index in [1.807, 2.05) is 49.4 Å². The largest absolute Gasteiger partial charge is 0.346 e. The Bertz CT molecular complexity index is 939. The highest BCUT2D eigenvalue weighted by Crippen LogP contribution is 2.15. The lowest BCUT2D eigenvalue weighted by atomic mass is 10.1. The zero-order chi connectivity index (χ0) is 19.9. The first kappa shape index (κ1) is 19.6. The molecular formula is C23H21ClN2O2. The topological polar surface area (TPSA) is 58.2 Å². The van der Waals surface area contributed by atoms with Crippen LogP contribution in [-0.2, 0) is 11.2 Å². The summed E-state index contributed by atoms with van der Waals surface area (Å²) in [5.41, 5.74) is 3.11. The fourth-order valence-electron chi connectivity index (χ4n) is 2.80. The molecule has 3 rings (SSSR count). The molecule has 2 N–H and O–H groups in total. The van der Waals surface area contributed by atoms with Gasteiger partial charge in [0, 0.05) is 16.3 Å². The van der Waals surface area contributed by atoms with Gasteiger partial charge in [-0.3, -0.25) is 9.59 Å². The number of carbonyl (C=O) groups is 2. The summed E-state index contributed by atoms with van der Waals surface area (Å²) in [7, 11) is 0. The lowest BCUT2D eigenvalue weighted by Gasteiger charge is -2.14. The third-order valence-corrected chi connectivity index (χ3v) is 4.61. The third kappa shape index (κ3) is 5.44. The van der Waals surface area contributed by atoms with E-state index in [9.17, 15) is 9.59 Å². The number of benzene rings is 3. The van der Waals surface area contributed by atoms with E-state index in [4.69, 9.17) is 11.6 Å². The first-order valence-electron chi connectivity index (χ1n) is 9.01. The molecule has 1 atom stereocenters. The van der Waals surface area contributed by atoms with Gasteiger partial charge in [0.1, 0.15) is 0 Å². The standard InChI is InChI=1S/C23H21ClN2O2/c1-16(18-5-3-2-4-6-18)25-23(28)19-9-13-21(14-10-19)26-22(27)15-17-7-11-20(24)12-8-17/h2-14,16H,15H2,1H3,(H,25,28)(H,26,27). The van der Waals surface area contributed by atoms with Crippen LogP contribution in [-0.4, -0.2) is 11.8 Å². The van der Waals surface area contributed by atoms with Gasteiger partial charge >= 0.3 is 0 Å². The number of anilines is 1. The molecule has 2 amide bonds. The Morgan fingerprint density at radius 3 is 2.18 bits per heavy atom. The second-order valence-electron chi connectivity index (χ2n) is 6.53. The Balaban J connectivity index is 1.56. The predicted molar refractivity (Wildman–Crippen MR) is 113 cm³/mol. The SMILES string of the molecule is CC(NC(=O)c1ccc(NC(=O)Cc2ccc(Cl)cc2)cc1)c1ccccc1. The first-order chi connectivity index (χ1) is 13.5. The minimum Gasteiger partial charge on any atom is -0.346 e. The summed E-state index contributed by atoms with van der Waals surface area (Å²) in [6.45, 7) is 1.94. The minimum atomic E-state index is -0.157. The number of hydrogen-bond acceptors (Lipinski definition) is 2. The van der Waals surface area contributed by atoms with Crippen molar-refractivity contribution >= 4 is 29.1 Å². The highest BCUT2D eigenvalue weighted by molar-refractivity contribution is 6.30. The van der Waals surface area contributed by atoms with E-state index in [1.54, 1.807) is 36.4 Å². The molecule has 0 saturated heterocycles. The van der Waals surface area contributed by atoms with Crippen molar-refractivity contribution in [3.05, 3.63) is 101 Å². The van der Waals surface area contributed by atoms with Crippen molar-refractivity contribution < 1.29 is 9.59 Å². The zero-order valence-electron chi connectivity index (χ0n) is 15.5. The monoisotopic (exact) mass is 392 g/mol. The minimum absolute atomic E-state index is 0.0903. The van der Waals surface area contributed by atoms with E-state index >= 15 is 0 Å². The lowest BCUT2D eigenvalue weighted by molar-refractivity contribution is -0.115. The molecule has 0 saturated carbocycles. The number of carbonyl (C=O) groups excluding carboxylic acids is 2. The second kappa shape index (κ2) is 9.20. The van der Waals surface area contributed by atoms with E-state index in [1.165, 1.54) is 0 Å². The molecule has 5 heteroatoms. The van der Waals surface area contributed by atoms with Gasteiger partial charge in [0.05, 0.1) is 12.5 Å². The van der Waals surface area contributed by atoms with Crippen molar-refractivity contribution in [2.24, 2.45) is 0 Å². The number of hydrogen-bond donors (Lipinski definition) is 2. The fourth-order valence-corrected chi connectivity index (χ4v) is 2.93. The predicted octanol–water partition coefficient (Wildman–Crippen LogP) is 5.01. The van der Waals surface area contributed by atoms with Gasteiger partial charge in [0.25, 0.3) is 5.91 Å². The van der Waals surface area contributed by atoms with Crippen molar-refractivity contribution in [2.45, 2.75) is 19.4 Å². The fraction of sp³-hybridized carbons (Fsp3) is 0.130. The van der Waals surface area contributed by atoms with Gasteiger partial charge in [-0.05, 0) is 54.4 Å². The summed E-state index contributed by atoms with van der Waals surface area (Å²) in [4.78, 5) is 24.6. The van der Waals surface area contributed by atoms with Crippen LogP contribution in [0.5, 0.6) is 0 Å². The van der Waals surface area contributed by atoms with E-state index in [0.29, 0.717) is 16.3 Å². The molecule has 0 heterocycles. The lowest BCUT2D eigenvalue weighted by Crippen LogP contribution is -2.26. The summed E-state index contributed by atoms with van der Waals surface area (Å²) in [5.74, 6) is -0.285. The van der Waals surface area contributed by atoms with Crippen LogP contribution in [0.1, 0.15) is 34.5 Å². The van der Waals surface area contributed by atoms with Gasteiger partial charge in [0.2, 0.25) is 5.91 Å². The van der Waals surface area contributed by atoms with E-state index in [0.717, 1.165) is 11.1 Å². The number of amides is 2. The van der Waals surface area contributed by atoms with Gasteiger partial charge < -0.3 is 10.6 Å². The average molecular weight is 393 g/mol. The molecule has 0 aromatic heterocycles. The first-order valence-corrected chi connectivity index (χ1v) is 9.39. The maximum atomic E-state index is 12.4. The molecule has 4 nitrogen and oxygen atoms in total. The summed E-state index contributed by atoms with van der Waals surface area (Å²) >= 11 is 5.85. The number of nitrogens with one attached hydrogen (secondary N) is 2. The van der Waals surface area contributed by atoms with Crippen LogP contribution in [0.4, 0.5) is 5.69 Å². The van der Waals surface area contributed by atoms with Crippen LogP contribution in [0.15, 0.2) is 78.9 Å². The van der Waals surface area contributed by atoms with Crippen molar-refractivity contribution in [1.82, 2.24) is 5.32 Å². The molecule has 0 aliphatic rings. The van der Waals surface area contributed by atoms with E-state index in [2.05, 4.69) is 10.6 Å².